The van der Waals surface area contributed by atoms with Gasteiger partial charge in [0.25, 0.3) is 0 Å². The largest absolute Gasteiger partial charge is 0.472 e. The fourth-order valence-electron chi connectivity index (χ4n) is 6.28. The van der Waals surface area contributed by atoms with Crippen molar-refractivity contribution in [3.63, 3.8) is 0 Å². The number of ether oxygens (including phenoxy) is 2. The number of phosphoric acid groups is 2. The molecule has 0 heterocycles. The lowest BCUT2D eigenvalue weighted by Crippen LogP contribution is -2.30. The van der Waals surface area contributed by atoms with Crippen LogP contribution in [-0.2, 0) is 41.8 Å². The molecular weight excluding hydrogens is 850 g/mol. The van der Waals surface area contributed by atoms with Gasteiger partial charge in [0, 0.05) is 12.8 Å². The molecular formula is C47H86O14P2. The van der Waals surface area contributed by atoms with Crippen molar-refractivity contribution >= 4 is 27.6 Å². The molecule has 0 aliphatic heterocycles. The zero-order chi connectivity index (χ0) is 46.9. The minimum absolute atomic E-state index is 0.0876. The zero-order valence-corrected chi connectivity index (χ0v) is 40.7. The van der Waals surface area contributed by atoms with E-state index in [1.54, 1.807) is 6.08 Å². The number of esters is 2. The topological polar surface area (TPSA) is 216 Å². The molecule has 5 N–H and O–H groups in total. The normalized spacial score (nSPS) is 15.4. The molecule has 14 nitrogen and oxygen atoms in total. The molecule has 0 spiro atoms. The molecule has 0 bridgehead atoms. The van der Waals surface area contributed by atoms with E-state index >= 15 is 0 Å². The molecule has 0 aliphatic rings. The smallest absolute Gasteiger partial charge is 0.462 e. The van der Waals surface area contributed by atoms with Crippen LogP contribution >= 0.6 is 15.6 Å². The monoisotopic (exact) mass is 937 g/mol. The fraction of sp³-hybridized carbons (Fsp3) is 0.787. The van der Waals surface area contributed by atoms with Crippen molar-refractivity contribution in [1.82, 2.24) is 0 Å². The molecule has 63 heavy (non-hydrogen) atoms. The van der Waals surface area contributed by atoms with Crippen LogP contribution < -0.4 is 0 Å². The highest BCUT2D eigenvalue weighted by molar-refractivity contribution is 7.47. The number of aliphatic hydroxyl groups is 2. The average molecular weight is 937 g/mol. The summed E-state index contributed by atoms with van der Waals surface area (Å²) >= 11 is 0. The highest BCUT2D eigenvalue weighted by Gasteiger charge is 2.28. The SMILES string of the molecule is CCCCC/C=C\C[C@@H](O)/C=C/C=C\C/C=C\CCCC(=O)OC[C@H](COP(=O)(O)OC[C@@H](O)COP(=O)(O)O)OC(=O)CCCCCCCCCCCCCCCCC(C)CC. The molecule has 0 saturated heterocycles. The van der Waals surface area contributed by atoms with Gasteiger partial charge >= 0.3 is 27.6 Å². The summed E-state index contributed by atoms with van der Waals surface area (Å²) in [6.45, 7) is 3.96. The lowest BCUT2D eigenvalue weighted by molar-refractivity contribution is -0.161. The number of hydrogen-bond acceptors (Lipinski definition) is 11. The molecule has 368 valence electrons. The third-order valence-corrected chi connectivity index (χ3v) is 11.8. The Bertz CT molecular complexity index is 1330. The minimum Gasteiger partial charge on any atom is -0.462 e. The third-order valence-electron chi connectivity index (χ3n) is 10.3. The molecule has 0 aromatic carbocycles. The van der Waals surface area contributed by atoms with E-state index < -0.39 is 72.3 Å². The zero-order valence-electron chi connectivity index (χ0n) is 38.9. The molecule has 16 heteroatoms. The van der Waals surface area contributed by atoms with Gasteiger partial charge in [-0.05, 0) is 50.9 Å². The van der Waals surface area contributed by atoms with Crippen molar-refractivity contribution in [2.75, 3.05) is 26.4 Å². The summed E-state index contributed by atoms with van der Waals surface area (Å²) in [7, 11) is -9.71. The van der Waals surface area contributed by atoms with Gasteiger partial charge in [-0.15, -0.1) is 0 Å². The van der Waals surface area contributed by atoms with Crippen molar-refractivity contribution in [2.45, 2.75) is 206 Å². The maximum absolute atomic E-state index is 12.7. The highest BCUT2D eigenvalue weighted by Crippen LogP contribution is 2.43. The average Bonchev–Trinajstić information content (AvgIpc) is 3.24. The Morgan fingerprint density at radius 2 is 1.14 bits per heavy atom. The summed E-state index contributed by atoms with van der Waals surface area (Å²) in [5.74, 6) is -0.279. The summed E-state index contributed by atoms with van der Waals surface area (Å²) in [5, 5.41) is 19.8. The van der Waals surface area contributed by atoms with Gasteiger partial charge in [-0.3, -0.25) is 23.2 Å². The van der Waals surface area contributed by atoms with Crippen LogP contribution in [0.5, 0.6) is 0 Å². The summed E-state index contributed by atoms with van der Waals surface area (Å²) in [4.78, 5) is 52.8. The fourth-order valence-corrected chi connectivity index (χ4v) is 7.44. The van der Waals surface area contributed by atoms with Crippen molar-refractivity contribution < 1.29 is 66.7 Å². The molecule has 0 saturated carbocycles. The van der Waals surface area contributed by atoms with Gasteiger partial charge in [-0.2, -0.15) is 0 Å². The number of unbranched alkanes of at least 4 members (excludes halogenated alkanes) is 17. The van der Waals surface area contributed by atoms with Gasteiger partial charge in [0.05, 0.1) is 25.9 Å². The minimum atomic E-state index is -4.88. The van der Waals surface area contributed by atoms with E-state index in [9.17, 15) is 33.8 Å². The first-order valence-corrected chi connectivity index (χ1v) is 26.9. The molecule has 0 aromatic heterocycles. The van der Waals surface area contributed by atoms with E-state index in [2.05, 4.69) is 35.9 Å². The Morgan fingerprint density at radius 1 is 0.587 bits per heavy atom. The maximum Gasteiger partial charge on any atom is 0.472 e. The summed E-state index contributed by atoms with van der Waals surface area (Å²) in [6.07, 6.45) is 38.4. The molecule has 5 atom stereocenters. The van der Waals surface area contributed by atoms with Crippen molar-refractivity contribution in [2.24, 2.45) is 5.92 Å². The van der Waals surface area contributed by atoms with Gasteiger partial charge in [0.1, 0.15) is 12.7 Å². The number of carbonyl (C=O) groups is 2. The van der Waals surface area contributed by atoms with Crippen LogP contribution in [0, 0.1) is 5.92 Å². The lowest BCUT2D eigenvalue weighted by Gasteiger charge is -2.20. The van der Waals surface area contributed by atoms with E-state index in [0.717, 1.165) is 38.0 Å². The second-order valence-corrected chi connectivity index (χ2v) is 19.2. The van der Waals surface area contributed by atoms with E-state index in [4.69, 9.17) is 23.8 Å². The van der Waals surface area contributed by atoms with E-state index in [1.807, 2.05) is 36.5 Å². The molecule has 0 rings (SSSR count). The van der Waals surface area contributed by atoms with Gasteiger partial charge in [0.2, 0.25) is 0 Å². The van der Waals surface area contributed by atoms with Gasteiger partial charge in [-0.1, -0.05) is 179 Å². The Labute approximate surface area is 380 Å². The summed E-state index contributed by atoms with van der Waals surface area (Å²) < 4.78 is 47.8. The Morgan fingerprint density at radius 3 is 1.76 bits per heavy atom. The van der Waals surface area contributed by atoms with Crippen LogP contribution in [0.15, 0.2) is 48.6 Å². The van der Waals surface area contributed by atoms with Crippen LogP contribution in [-0.4, -0.2) is 81.6 Å². The Balaban J connectivity index is 4.60. The predicted molar refractivity (Wildman–Crippen MR) is 250 cm³/mol. The van der Waals surface area contributed by atoms with Crippen LogP contribution in [0.2, 0.25) is 0 Å². The standard InChI is InChI=1S/C47H86O14P2/c1-4-6-7-8-24-29-34-43(48)35-30-25-20-17-18-21-26-31-36-46(50)57-40-45(41-60-63(55,56)59-39-44(49)38-58-62(52,53)54)61-47(51)37-32-27-22-16-14-12-10-9-11-13-15-19-23-28-33-42(3)5-2/h18,20-21,24-25,29-30,35,42-45,48-49H,4-17,19,22-23,26-28,31-34,36-41H2,1-3H3,(H,55,56)(H2,52,53,54)/b21-18-,25-20-,29-24-,35-30+/t42?,43-,44+,45-/m1/s1. The Hall–Kier alpha value is -1.96. The van der Waals surface area contributed by atoms with Crippen LogP contribution in [0.1, 0.15) is 188 Å². The second-order valence-electron chi connectivity index (χ2n) is 16.5. The number of hydrogen-bond donors (Lipinski definition) is 5. The van der Waals surface area contributed by atoms with Crippen LogP contribution in [0.25, 0.3) is 0 Å². The first kappa shape index (κ1) is 61.0. The molecule has 0 radical (unpaired) electrons. The van der Waals surface area contributed by atoms with Crippen molar-refractivity contribution in [3.8, 4) is 0 Å². The number of carbonyl (C=O) groups excluding carboxylic acids is 2. The third kappa shape index (κ3) is 45.0. The van der Waals surface area contributed by atoms with E-state index in [-0.39, 0.29) is 12.8 Å². The first-order chi connectivity index (χ1) is 30.2. The van der Waals surface area contributed by atoms with Crippen LogP contribution in [0.3, 0.4) is 0 Å². The number of rotatable bonds is 44. The molecule has 0 amide bonds. The molecule has 0 fully saturated rings. The first-order valence-electron chi connectivity index (χ1n) is 23.8. The van der Waals surface area contributed by atoms with E-state index in [1.165, 1.54) is 89.9 Å². The predicted octanol–water partition coefficient (Wildman–Crippen LogP) is 11.4. The summed E-state index contributed by atoms with van der Waals surface area (Å²) in [6, 6.07) is 0. The van der Waals surface area contributed by atoms with Gasteiger partial charge in [0.15, 0.2) is 6.10 Å². The summed E-state index contributed by atoms with van der Waals surface area (Å²) in [5.41, 5.74) is 0. The maximum atomic E-state index is 12.7. The van der Waals surface area contributed by atoms with E-state index in [0.29, 0.717) is 32.1 Å². The Kier molecular flexibility index (Phi) is 40.2. The highest BCUT2D eigenvalue weighted by atomic mass is 31.2. The van der Waals surface area contributed by atoms with Gasteiger partial charge in [-0.25, -0.2) is 9.13 Å². The number of allylic oxidation sites excluding steroid dienone is 6. The van der Waals surface area contributed by atoms with Crippen molar-refractivity contribution in [3.05, 3.63) is 48.6 Å². The molecule has 0 aliphatic carbocycles. The van der Waals surface area contributed by atoms with Gasteiger partial charge < -0.3 is 34.4 Å². The molecule has 0 aromatic rings. The van der Waals surface area contributed by atoms with Crippen LogP contribution in [0.4, 0.5) is 0 Å². The number of aliphatic hydroxyl groups excluding tert-OH is 2. The van der Waals surface area contributed by atoms with Crippen molar-refractivity contribution in [1.29, 1.82) is 0 Å². The lowest BCUT2D eigenvalue weighted by atomic mass is 9.99. The number of phosphoric ester groups is 2. The molecule has 2 unspecified atom stereocenters. The quantitative estimate of drug-likeness (QED) is 0.0126. The second kappa shape index (κ2) is 41.5.